The second kappa shape index (κ2) is 9.99. The monoisotopic (exact) mass is 480 g/mol. The van der Waals surface area contributed by atoms with Gasteiger partial charge in [-0.05, 0) is 62.8 Å². The van der Waals surface area contributed by atoms with Gasteiger partial charge >= 0.3 is 0 Å². The smallest absolute Gasteiger partial charge is 0.295 e. The highest BCUT2D eigenvalue weighted by atomic mass is 35.5. The van der Waals surface area contributed by atoms with E-state index < -0.39 is 17.7 Å². The number of ketones is 1. The lowest BCUT2D eigenvalue weighted by Crippen LogP contribution is -2.33. The van der Waals surface area contributed by atoms with Crippen LogP contribution in [0.3, 0.4) is 0 Å². The molecule has 0 spiro atoms. The number of carbonyl (C=O) groups excluding carboxylic acids is 2. The fraction of sp³-hybridized carbons (Fsp3) is 0.346. The van der Waals surface area contributed by atoms with Gasteiger partial charge in [0.25, 0.3) is 11.7 Å². The number of fused-ring (bicyclic) bond motifs is 1. The van der Waals surface area contributed by atoms with Gasteiger partial charge in [-0.1, -0.05) is 43.6 Å². The van der Waals surface area contributed by atoms with Crippen LogP contribution in [0.4, 0.5) is 0 Å². The molecule has 1 fully saturated rings. The Hall–Kier alpha value is -3.16. The number of amides is 1. The van der Waals surface area contributed by atoms with Crippen LogP contribution in [0.1, 0.15) is 43.3 Å². The Morgan fingerprint density at radius 2 is 1.91 bits per heavy atom. The number of imidazole rings is 1. The molecule has 1 N–H and O–H groups in total. The Kier molecular flexibility index (Phi) is 7.05. The molecule has 1 saturated heterocycles. The van der Waals surface area contributed by atoms with E-state index in [4.69, 9.17) is 11.6 Å². The number of pyridine rings is 1. The van der Waals surface area contributed by atoms with Crippen LogP contribution < -0.4 is 0 Å². The number of halogens is 1. The molecule has 2 aromatic heterocycles. The summed E-state index contributed by atoms with van der Waals surface area (Å²) >= 11 is 6.27. The Morgan fingerprint density at radius 1 is 1.15 bits per heavy atom. The number of Topliss-reactive ketones (excluding diaryl/α,β-unsaturated/α-hetero) is 1. The summed E-state index contributed by atoms with van der Waals surface area (Å²) in [7, 11) is 0. The lowest BCUT2D eigenvalue weighted by molar-refractivity contribution is -0.140. The van der Waals surface area contributed by atoms with Gasteiger partial charge in [-0.25, -0.2) is 4.98 Å². The first-order valence-corrected chi connectivity index (χ1v) is 11.9. The van der Waals surface area contributed by atoms with Crippen LogP contribution in [0, 0.1) is 6.92 Å². The van der Waals surface area contributed by atoms with Crippen LogP contribution in [-0.2, 0) is 9.59 Å². The van der Waals surface area contributed by atoms with Crippen molar-refractivity contribution >= 4 is 34.7 Å². The maximum absolute atomic E-state index is 13.3. The summed E-state index contributed by atoms with van der Waals surface area (Å²) in [4.78, 5) is 34.8. The van der Waals surface area contributed by atoms with Crippen LogP contribution in [0.25, 0.3) is 11.4 Å². The maximum atomic E-state index is 13.3. The third kappa shape index (κ3) is 4.33. The van der Waals surface area contributed by atoms with Crippen molar-refractivity contribution < 1.29 is 14.7 Å². The highest BCUT2D eigenvalue weighted by Gasteiger charge is 2.46. The van der Waals surface area contributed by atoms with E-state index in [1.807, 2.05) is 24.3 Å². The van der Waals surface area contributed by atoms with Crippen molar-refractivity contribution in [1.29, 1.82) is 0 Å². The number of carbonyl (C=O) groups is 2. The molecule has 34 heavy (non-hydrogen) atoms. The van der Waals surface area contributed by atoms with Gasteiger partial charge in [0.15, 0.2) is 5.76 Å². The molecule has 8 heteroatoms. The number of aromatic nitrogens is 2. The third-order valence-corrected chi connectivity index (χ3v) is 6.64. The van der Waals surface area contributed by atoms with Gasteiger partial charge in [-0.3, -0.25) is 14.0 Å². The van der Waals surface area contributed by atoms with Crippen molar-refractivity contribution in [3.05, 3.63) is 76.2 Å². The fourth-order valence-corrected chi connectivity index (χ4v) is 4.86. The average Bonchev–Trinajstić information content (AvgIpc) is 3.29. The average molecular weight is 481 g/mol. The van der Waals surface area contributed by atoms with E-state index in [2.05, 4.69) is 23.7 Å². The predicted molar refractivity (Wildman–Crippen MR) is 133 cm³/mol. The normalized spacial score (nSPS) is 17.9. The molecule has 0 radical (unpaired) electrons. The van der Waals surface area contributed by atoms with Crippen LogP contribution in [0.2, 0.25) is 5.02 Å². The summed E-state index contributed by atoms with van der Waals surface area (Å²) in [5.74, 6) is -1.54. The second-order valence-corrected chi connectivity index (χ2v) is 8.84. The number of nitrogens with zero attached hydrogens (tertiary/aromatic N) is 4. The highest BCUT2D eigenvalue weighted by Crippen LogP contribution is 2.40. The van der Waals surface area contributed by atoms with E-state index in [0.29, 0.717) is 40.6 Å². The van der Waals surface area contributed by atoms with Crippen LogP contribution in [0.5, 0.6) is 0 Å². The zero-order chi connectivity index (χ0) is 24.4. The van der Waals surface area contributed by atoms with E-state index in [-0.39, 0.29) is 11.3 Å². The summed E-state index contributed by atoms with van der Waals surface area (Å²) < 4.78 is 1.73. The Morgan fingerprint density at radius 3 is 2.62 bits per heavy atom. The van der Waals surface area contributed by atoms with Gasteiger partial charge < -0.3 is 14.9 Å². The molecule has 178 valence electrons. The number of hydrogen-bond acceptors (Lipinski definition) is 5. The number of aryl methyl sites for hydroxylation is 1. The number of rotatable bonds is 8. The molecule has 3 aromatic rings. The van der Waals surface area contributed by atoms with Crippen LogP contribution in [-0.4, -0.2) is 62.2 Å². The van der Waals surface area contributed by atoms with Gasteiger partial charge in [-0.2, -0.15) is 0 Å². The van der Waals surface area contributed by atoms with Gasteiger partial charge in [0, 0.05) is 17.8 Å². The summed E-state index contributed by atoms with van der Waals surface area (Å²) in [6.45, 7) is 9.00. The molecule has 3 heterocycles. The fourth-order valence-electron chi connectivity index (χ4n) is 4.66. The van der Waals surface area contributed by atoms with Gasteiger partial charge in [0.1, 0.15) is 11.3 Å². The van der Waals surface area contributed by atoms with Gasteiger partial charge in [0.05, 0.1) is 17.3 Å². The first-order valence-electron chi connectivity index (χ1n) is 11.6. The predicted octanol–water partition coefficient (Wildman–Crippen LogP) is 4.45. The summed E-state index contributed by atoms with van der Waals surface area (Å²) in [6, 6.07) is 11.9. The van der Waals surface area contributed by atoms with Crippen molar-refractivity contribution in [2.24, 2.45) is 0 Å². The standard InChI is InChI=1S/C26H29ClN4O3/c1-4-29(5-2)13-9-15-31-23(18-10-8-11-19(27)16-18)21(25(33)26(31)34)24(32)22-17(3)28-20-12-6-7-14-30(20)22/h6-8,10-12,14,16,23,32H,4-5,9,13,15H2,1-3H3. The Balaban J connectivity index is 1.82. The molecular weight excluding hydrogens is 452 g/mol. The van der Waals surface area contributed by atoms with Crippen molar-refractivity contribution in [2.45, 2.75) is 33.2 Å². The molecule has 1 aliphatic heterocycles. The van der Waals surface area contributed by atoms with E-state index in [1.165, 1.54) is 0 Å². The zero-order valence-electron chi connectivity index (χ0n) is 19.7. The van der Waals surface area contributed by atoms with Crippen LogP contribution >= 0.6 is 11.6 Å². The number of aliphatic hydroxyl groups excluding tert-OH is 1. The van der Waals surface area contributed by atoms with Crippen molar-refractivity contribution in [3.8, 4) is 0 Å². The summed E-state index contributed by atoms with van der Waals surface area (Å²) in [5, 5.41) is 12.0. The topological polar surface area (TPSA) is 78.2 Å². The van der Waals surface area contributed by atoms with E-state index >= 15 is 0 Å². The van der Waals surface area contributed by atoms with Gasteiger partial charge in [0.2, 0.25) is 0 Å². The van der Waals surface area contributed by atoms with Gasteiger partial charge in [-0.15, -0.1) is 0 Å². The number of aliphatic hydroxyl groups is 1. The maximum Gasteiger partial charge on any atom is 0.295 e. The first kappa shape index (κ1) is 24.0. The molecule has 1 aromatic carbocycles. The lowest BCUT2D eigenvalue weighted by Gasteiger charge is -2.27. The molecule has 0 bridgehead atoms. The van der Waals surface area contributed by atoms with E-state index in [1.54, 1.807) is 40.6 Å². The Labute approximate surface area is 204 Å². The molecule has 1 amide bonds. The van der Waals surface area contributed by atoms with Crippen molar-refractivity contribution in [3.63, 3.8) is 0 Å². The Bertz CT molecular complexity index is 1260. The van der Waals surface area contributed by atoms with E-state index in [0.717, 1.165) is 19.6 Å². The molecule has 4 rings (SSSR count). The molecule has 7 nitrogen and oxygen atoms in total. The first-order chi connectivity index (χ1) is 16.4. The lowest BCUT2D eigenvalue weighted by atomic mass is 9.96. The quantitative estimate of drug-likeness (QED) is 0.293. The minimum atomic E-state index is -0.732. The minimum absolute atomic E-state index is 0.0591. The van der Waals surface area contributed by atoms with E-state index in [9.17, 15) is 14.7 Å². The summed E-state index contributed by atoms with van der Waals surface area (Å²) in [5.41, 5.74) is 2.37. The molecule has 1 aliphatic rings. The molecule has 0 aliphatic carbocycles. The molecule has 1 atom stereocenters. The molecule has 0 saturated carbocycles. The van der Waals surface area contributed by atoms with Crippen molar-refractivity contribution in [2.75, 3.05) is 26.2 Å². The summed E-state index contributed by atoms with van der Waals surface area (Å²) in [6.07, 6.45) is 2.49. The number of hydrogen-bond donors (Lipinski definition) is 1. The highest BCUT2D eigenvalue weighted by molar-refractivity contribution is 6.46. The molecule has 1 unspecified atom stereocenters. The number of likely N-dealkylation sites (tertiary alicyclic amines) is 1. The third-order valence-electron chi connectivity index (χ3n) is 6.40. The number of benzene rings is 1. The second-order valence-electron chi connectivity index (χ2n) is 8.40. The SMILES string of the molecule is CCN(CC)CCCN1C(=O)C(=O)C(=C(O)c2c(C)nc3ccccn23)C1c1cccc(Cl)c1. The van der Waals surface area contributed by atoms with Crippen molar-refractivity contribution in [1.82, 2.24) is 19.2 Å². The van der Waals surface area contributed by atoms with Crippen LogP contribution in [0.15, 0.2) is 54.2 Å². The molecular formula is C26H29ClN4O3. The minimum Gasteiger partial charge on any atom is -0.505 e. The largest absolute Gasteiger partial charge is 0.505 e. The zero-order valence-corrected chi connectivity index (χ0v) is 20.4.